The van der Waals surface area contributed by atoms with Crippen LogP contribution in [0.2, 0.25) is 0 Å². The Hall–Kier alpha value is -2.40. The standard InChI is InChI=1S/C18H21FN2O2/c1-14(15-6-3-2-4-7-15)23-13-5-12-20-18(22)21-17-10-8-16(19)9-11-17/h2-4,6-11,14H,5,12-13H2,1H3,(H2,20,21,22). The van der Waals surface area contributed by atoms with Crippen molar-refractivity contribution in [2.75, 3.05) is 18.5 Å². The molecule has 2 aromatic rings. The highest BCUT2D eigenvalue weighted by Gasteiger charge is 2.05. The van der Waals surface area contributed by atoms with Crippen molar-refractivity contribution in [3.05, 3.63) is 66.0 Å². The van der Waals surface area contributed by atoms with Gasteiger partial charge in [-0.15, -0.1) is 0 Å². The lowest BCUT2D eigenvalue weighted by atomic mass is 10.1. The Morgan fingerprint density at radius 2 is 1.83 bits per heavy atom. The third-order valence-corrected chi connectivity index (χ3v) is 3.35. The van der Waals surface area contributed by atoms with Crippen molar-refractivity contribution in [1.29, 1.82) is 0 Å². The minimum absolute atomic E-state index is 0.0317. The van der Waals surface area contributed by atoms with Gasteiger partial charge in [-0.3, -0.25) is 0 Å². The molecular weight excluding hydrogens is 295 g/mol. The van der Waals surface area contributed by atoms with E-state index in [4.69, 9.17) is 4.74 Å². The number of carbonyl (C=O) groups is 1. The number of halogens is 1. The lowest BCUT2D eigenvalue weighted by molar-refractivity contribution is 0.0644. The maximum Gasteiger partial charge on any atom is 0.319 e. The van der Waals surface area contributed by atoms with Crippen LogP contribution in [0.15, 0.2) is 54.6 Å². The van der Waals surface area contributed by atoms with Gasteiger partial charge in [-0.2, -0.15) is 0 Å². The van der Waals surface area contributed by atoms with E-state index in [1.807, 2.05) is 37.3 Å². The minimum atomic E-state index is -0.333. The molecule has 122 valence electrons. The van der Waals surface area contributed by atoms with E-state index in [9.17, 15) is 9.18 Å². The number of urea groups is 1. The van der Waals surface area contributed by atoms with Crippen molar-refractivity contribution in [1.82, 2.24) is 5.32 Å². The van der Waals surface area contributed by atoms with E-state index in [2.05, 4.69) is 10.6 Å². The number of nitrogens with one attached hydrogen (secondary N) is 2. The Morgan fingerprint density at radius 3 is 2.52 bits per heavy atom. The fourth-order valence-corrected chi connectivity index (χ4v) is 2.06. The first-order chi connectivity index (χ1) is 11.1. The van der Waals surface area contributed by atoms with Crippen LogP contribution in [0.4, 0.5) is 14.9 Å². The number of carbonyl (C=O) groups excluding carboxylic acids is 1. The van der Waals surface area contributed by atoms with Gasteiger partial charge in [0.2, 0.25) is 0 Å². The molecule has 2 aromatic carbocycles. The molecule has 0 aromatic heterocycles. The van der Waals surface area contributed by atoms with Gasteiger partial charge in [-0.05, 0) is 43.2 Å². The maximum absolute atomic E-state index is 12.8. The largest absolute Gasteiger partial charge is 0.374 e. The zero-order chi connectivity index (χ0) is 16.5. The van der Waals surface area contributed by atoms with Crippen LogP contribution in [-0.4, -0.2) is 19.2 Å². The van der Waals surface area contributed by atoms with Crippen molar-refractivity contribution in [2.45, 2.75) is 19.4 Å². The van der Waals surface area contributed by atoms with Crippen molar-refractivity contribution in [3.63, 3.8) is 0 Å². The van der Waals surface area contributed by atoms with Gasteiger partial charge in [-0.1, -0.05) is 30.3 Å². The summed E-state index contributed by atoms with van der Waals surface area (Å²) in [5.74, 6) is -0.333. The molecule has 0 aliphatic heterocycles. The highest BCUT2D eigenvalue weighted by Crippen LogP contribution is 2.15. The van der Waals surface area contributed by atoms with Gasteiger partial charge >= 0.3 is 6.03 Å². The molecule has 0 radical (unpaired) electrons. The van der Waals surface area contributed by atoms with Gasteiger partial charge in [0.05, 0.1) is 6.10 Å². The van der Waals surface area contributed by atoms with E-state index in [0.717, 1.165) is 5.56 Å². The first-order valence-electron chi connectivity index (χ1n) is 7.62. The van der Waals surface area contributed by atoms with Gasteiger partial charge in [-0.25, -0.2) is 9.18 Å². The predicted octanol–water partition coefficient (Wildman–Crippen LogP) is 4.12. The van der Waals surface area contributed by atoms with Crippen molar-refractivity contribution >= 4 is 11.7 Å². The molecule has 0 bridgehead atoms. The average Bonchev–Trinajstić information content (AvgIpc) is 2.57. The summed E-state index contributed by atoms with van der Waals surface area (Å²) in [7, 11) is 0. The van der Waals surface area contributed by atoms with Gasteiger partial charge < -0.3 is 15.4 Å². The summed E-state index contributed by atoms with van der Waals surface area (Å²) in [5, 5.41) is 5.37. The second kappa shape index (κ2) is 8.90. The first kappa shape index (κ1) is 17.0. The van der Waals surface area contributed by atoms with Crippen LogP contribution in [0.3, 0.4) is 0 Å². The molecule has 5 heteroatoms. The second-order valence-corrected chi connectivity index (χ2v) is 5.17. The Labute approximate surface area is 135 Å². The number of benzene rings is 2. The van der Waals surface area contributed by atoms with Crippen LogP contribution in [0.5, 0.6) is 0 Å². The summed E-state index contributed by atoms with van der Waals surface area (Å²) in [5.41, 5.74) is 1.69. The number of hydrogen-bond acceptors (Lipinski definition) is 2. The normalized spacial score (nSPS) is 11.7. The molecule has 1 atom stereocenters. The molecular formula is C18H21FN2O2. The van der Waals surface area contributed by atoms with E-state index in [-0.39, 0.29) is 18.0 Å². The van der Waals surface area contributed by atoms with Crippen LogP contribution in [0.1, 0.15) is 25.0 Å². The Balaban J connectivity index is 1.60. The number of anilines is 1. The van der Waals surface area contributed by atoms with Crippen molar-refractivity contribution in [3.8, 4) is 0 Å². The van der Waals surface area contributed by atoms with E-state index in [1.54, 1.807) is 0 Å². The van der Waals surface area contributed by atoms with E-state index < -0.39 is 0 Å². The van der Waals surface area contributed by atoms with E-state index in [0.29, 0.717) is 25.3 Å². The Bertz CT molecular complexity index is 602. The average molecular weight is 316 g/mol. The number of rotatable bonds is 7. The maximum atomic E-state index is 12.8. The first-order valence-corrected chi connectivity index (χ1v) is 7.62. The molecule has 0 aliphatic carbocycles. The zero-order valence-corrected chi connectivity index (χ0v) is 13.1. The highest BCUT2D eigenvalue weighted by atomic mass is 19.1. The van der Waals surface area contributed by atoms with Gasteiger partial charge in [0.25, 0.3) is 0 Å². The van der Waals surface area contributed by atoms with Crippen molar-refractivity contribution < 1.29 is 13.9 Å². The van der Waals surface area contributed by atoms with Crippen LogP contribution in [-0.2, 0) is 4.74 Å². The molecule has 0 saturated heterocycles. The molecule has 2 amide bonds. The molecule has 0 fully saturated rings. The van der Waals surface area contributed by atoms with Crippen LogP contribution < -0.4 is 10.6 Å². The van der Waals surface area contributed by atoms with Crippen LogP contribution in [0.25, 0.3) is 0 Å². The number of hydrogen-bond donors (Lipinski definition) is 2. The van der Waals surface area contributed by atoms with Crippen LogP contribution >= 0.6 is 0 Å². The molecule has 0 heterocycles. The molecule has 1 unspecified atom stereocenters. The monoisotopic (exact) mass is 316 g/mol. The molecule has 0 aliphatic rings. The smallest absolute Gasteiger partial charge is 0.319 e. The molecule has 23 heavy (non-hydrogen) atoms. The summed E-state index contributed by atoms with van der Waals surface area (Å²) in [6, 6.07) is 15.3. The van der Waals surface area contributed by atoms with Gasteiger partial charge in [0, 0.05) is 18.8 Å². The predicted molar refractivity (Wildman–Crippen MR) is 88.8 cm³/mol. The highest BCUT2D eigenvalue weighted by molar-refractivity contribution is 5.89. The second-order valence-electron chi connectivity index (χ2n) is 5.17. The quantitative estimate of drug-likeness (QED) is 0.755. The topological polar surface area (TPSA) is 50.4 Å². The van der Waals surface area contributed by atoms with Gasteiger partial charge in [0.15, 0.2) is 0 Å². The molecule has 0 spiro atoms. The Kier molecular flexibility index (Phi) is 6.56. The number of amides is 2. The van der Waals surface area contributed by atoms with E-state index in [1.165, 1.54) is 24.3 Å². The minimum Gasteiger partial charge on any atom is -0.374 e. The van der Waals surface area contributed by atoms with Crippen molar-refractivity contribution in [2.24, 2.45) is 0 Å². The number of ether oxygens (including phenoxy) is 1. The molecule has 4 nitrogen and oxygen atoms in total. The van der Waals surface area contributed by atoms with E-state index >= 15 is 0 Å². The summed E-state index contributed by atoms with van der Waals surface area (Å²) in [6.07, 6.45) is 0.748. The third-order valence-electron chi connectivity index (χ3n) is 3.35. The lowest BCUT2D eigenvalue weighted by Gasteiger charge is -2.13. The zero-order valence-electron chi connectivity index (χ0n) is 13.1. The summed E-state index contributed by atoms with van der Waals surface area (Å²) in [6.45, 7) is 3.07. The molecule has 2 rings (SSSR count). The summed E-state index contributed by atoms with van der Waals surface area (Å²) < 4.78 is 18.5. The fourth-order valence-electron chi connectivity index (χ4n) is 2.06. The lowest BCUT2D eigenvalue weighted by Crippen LogP contribution is -2.30. The SMILES string of the molecule is CC(OCCCNC(=O)Nc1ccc(F)cc1)c1ccccc1. The summed E-state index contributed by atoms with van der Waals surface area (Å²) in [4.78, 5) is 11.7. The Morgan fingerprint density at radius 1 is 1.13 bits per heavy atom. The van der Waals surface area contributed by atoms with Crippen LogP contribution in [0, 0.1) is 5.82 Å². The third kappa shape index (κ3) is 6.08. The molecule has 2 N–H and O–H groups in total. The summed E-state index contributed by atoms with van der Waals surface area (Å²) >= 11 is 0. The molecule has 0 saturated carbocycles. The van der Waals surface area contributed by atoms with Gasteiger partial charge in [0.1, 0.15) is 5.82 Å². The fraction of sp³-hybridized carbons (Fsp3) is 0.278.